The molecule has 0 aliphatic heterocycles. The molecule has 1 rings (SSSR count). The molecule has 8 N–H and O–H groups in total. The number of halogens is 3. The Balaban J connectivity index is 3.64. The van der Waals surface area contributed by atoms with E-state index in [9.17, 15) is 34.8 Å². The number of amides is 3. The van der Waals surface area contributed by atoms with Crippen LogP contribution in [0.3, 0.4) is 0 Å². The van der Waals surface area contributed by atoms with Gasteiger partial charge in [-0.05, 0) is 67.8 Å². The third kappa shape index (κ3) is 8.33. The summed E-state index contributed by atoms with van der Waals surface area (Å²) < 4.78 is 0.744. The van der Waals surface area contributed by atoms with Crippen LogP contribution in [0.4, 0.5) is 5.69 Å². The van der Waals surface area contributed by atoms with Gasteiger partial charge in [-0.1, -0.05) is 0 Å². The Hall–Kier alpha value is -0.420. The van der Waals surface area contributed by atoms with E-state index in [1.165, 1.54) is 0 Å². The minimum Gasteiger partial charge on any atom is -0.394 e. The van der Waals surface area contributed by atoms with E-state index in [0.29, 0.717) is 6.41 Å². The van der Waals surface area contributed by atoms with Crippen LogP contribution in [0.25, 0.3) is 0 Å². The first-order chi connectivity index (χ1) is 15.5. The molecule has 0 aliphatic carbocycles. The monoisotopic (exact) mass is 807 g/mol. The largest absolute Gasteiger partial charge is 0.394 e. The van der Waals surface area contributed by atoms with Crippen molar-refractivity contribution in [3.63, 3.8) is 0 Å². The summed E-state index contributed by atoms with van der Waals surface area (Å²) in [6.45, 7) is -2.64. The number of carbonyl (C=O) groups excluding carboxylic acids is 3. The number of rotatable bonds is 13. The predicted molar refractivity (Wildman–Crippen MR) is 142 cm³/mol. The third-order valence-corrected chi connectivity index (χ3v) is 7.38. The first kappa shape index (κ1) is 30.6. The number of nitrogens with zero attached hydrogens (tertiary/aromatic N) is 1. The van der Waals surface area contributed by atoms with Crippen molar-refractivity contribution in [3.8, 4) is 0 Å². The average Bonchev–Trinajstić information content (AvgIpc) is 2.79. The lowest BCUT2D eigenvalue weighted by Crippen LogP contribution is -2.39. The Morgan fingerprint density at radius 2 is 1.18 bits per heavy atom. The molecule has 0 radical (unpaired) electrons. The van der Waals surface area contributed by atoms with Gasteiger partial charge in [0, 0.05) is 16.7 Å². The van der Waals surface area contributed by atoms with Crippen LogP contribution in [0.2, 0.25) is 0 Å². The Morgan fingerprint density at radius 1 is 0.788 bits per heavy atom. The van der Waals surface area contributed by atoms with Crippen molar-refractivity contribution in [3.05, 3.63) is 21.8 Å². The van der Waals surface area contributed by atoms with Crippen molar-refractivity contribution in [1.82, 2.24) is 10.6 Å². The van der Waals surface area contributed by atoms with Crippen LogP contribution in [0.1, 0.15) is 20.7 Å². The Kier molecular flexibility index (Phi) is 13.8. The van der Waals surface area contributed by atoms with Gasteiger partial charge in [0.15, 0.2) is 0 Å². The van der Waals surface area contributed by atoms with Gasteiger partial charge in [-0.2, -0.15) is 0 Å². The number of carbonyl (C=O) groups is 3. The molecule has 186 valence electrons. The molecule has 3 amide bonds. The number of aliphatic hydroxyl groups excluding tert-OH is 6. The Bertz CT molecular complexity index is 806. The lowest BCUT2D eigenvalue weighted by Gasteiger charge is -2.26. The molecular formula is C18H24I3N3O9. The molecule has 0 spiro atoms. The SMILES string of the molecule is O=CN(CC(O)CO)c1c(I)c(C(=O)NCC(O)CO)c(I)c(C(=O)NCC(O)CO)c1I. The van der Waals surface area contributed by atoms with E-state index in [2.05, 4.69) is 10.6 Å². The maximum Gasteiger partial charge on any atom is 0.253 e. The molecule has 0 aliphatic rings. The number of aliphatic hydroxyl groups is 6. The highest BCUT2D eigenvalue weighted by Crippen LogP contribution is 2.37. The van der Waals surface area contributed by atoms with Crippen molar-refractivity contribution in [1.29, 1.82) is 0 Å². The minimum absolute atomic E-state index is 0.00921. The van der Waals surface area contributed by atoms with E-state index in [1.54, 1.807) is 22.6 Å². The third-order valence-electron chi connectivity index (χ3n) is 4.20. The van der Waals surface area contributed by atoms with E-state index in [-0.39, 0.29) is 47.2 Å². The van der Waals surface area contributed by atoms with E-state index in [4.69, 9.17) is 10.2 Å². The zero-order chi connectivity index (χ0) is 25.3. The first-order valence-electron chi connectivity index (χ1n) is 9.39. The first-order valence-corrected chi connectivity index (χ1v) is 12.6. The lowest BCUT2D eigenvalue weighted by molar-refractivity contribution is -0.107. The van der Waals surface area contributed by atoms with E-state index >= 15 is 0 Å². The molecule has 1 aromatic rings. The fraction of sp³-hybridized carbons (Fsp3) is 0.500. The standard InChI is InChI=1S/C18H24I3N3O9/c19-13-11(17(32)22-1-8(29)4-25)14(20)16(24(7-28)3-10(31)6-27)15(21)12(13)18(33)23-2-9(30)5-26/h7-10,25-27,29-31H,1-6H2,(H,22,32)(H,23,33). The second kappa shape index (κ2) is 14.9. The van der Waals surface area contributed by atoms with Crippen molar-refractivity contribution in [2.24, 2.45) is 0 Å². The van der Waals surface area contributed by atoms with E-state index < -0.39 is 49.9 Å². The molecule has 0 saturated carbocycles. The summed E-state index contributed by atoms with van der Waals surface area (Å²) in [5.41, 5.74) is 0.157. The summed E-state index contributed by atoms with van der Waals surface area (Å²) in [6.07, 6.45) is -3.31. The number of nitrogens with one attached hydrogen (secondary N) is 2. The van der Waals surface area contributed by atoms with Crippen LogP contribution in [0.5, 0.6) is 0 Å². The predicted octanol–water partition coefficient (Wildman–Crippen LogP) is -2.02. The maximum absolute atomic E-state index is 12.9. The van der Waals surface area contributed by atoms with Crippen LogP contribution < -0.4 is 15.5 Å². The Morgan fingerprint density at radius 3 is 1.52 bits per heavy atom. The van der Waals surface area contributed by atoms with Crippen LogP contribution in [0, 0.1) is 10.7 Å². The van der Waals surface area contributed by atoms with E-state index in [0.717, 1.165) is 4.90 Å². The quantitative estimate of drug-likeness (QED) is 0.0820. The van der Waals surface area contributed by atoms with Gasteiger partial charge in [-0.3, -0.25) is 14.4 Å². The maximum atomic E-state index is 12.9. The van der Waals surface area contributed by atoms with Gasteiger partial charge in [0.1, 0.15) is 0 Å². The molecule has 12 nitrogen and oxygen atoms in total. The number of benzene rings is 1. The molecule has 33 heavy (non-hydrogen) atoms. The molecular weight excluding hydrogens is 783 g/mol. The zero-order valence-electron chi connectivity index (χ0n) is 17.0. The number of anilines is 1. The summed E-state index contributed by atoms with van der Waals surface area (Å²) in [4.78, 5) is 38.7. The topological polar surface area (TPSA) is 200 Å². The van der Waals surface area contributed by atoms with E-state index in [1.807, 2.05) is 45.2 Å². The molecule has 0 fully saturated rings. The highest BCUT2D eigenvalue weighted by molar-refractivity contribution is 14.1. The summed E-state index contributed by atoms with van der Waals surface area (Å²) in [7, 11) is 0. The summed E-state index contributed by atoms with van der Waals surface area (Å²) >= 11 is 5.42. The van der Waals surface area contributed by atoms with Gasteiger partial charge in [0.2, 0.25) is 6.41 Å². The average molecular weight is 807 g/mol. The van der Waals surface area contributed by atoms with Gasteiger partial charge in [0.25, 0.3) is 11.8 Å². The molecule has 3 atom stereocenters. The molecule has 0 bridgehead atoms. The summed E-state index contributed by atoms with van der Waals surface area (Å²) in [6, 6.07) is 0. The van der Waals surface area contributed by atoms with Crippen LogP contribution in [-0.4, -0.2) is 107 Å². The molecule has 0 saturated heterocycles. The highest BCUT2D eigenvalue weighted by atomic mass is 127. The molecule has 3 unspecified atom stereocenters. The van der Waals surface area contributed by atoms with Crippen LogP contribution >= 0.6 is 67.8 Å². The number of hydrogen-bond donors (Lipinski definition) is 8. The van der Waals surface area contributed by atoms with Crippen molar-refractivity contribution in [2.75, 3.05) is 44.4 Å². The fourth-order valence-corrected chi connectivity index (χ4v) is 7.27. The van der Waals surface area contributed by atoms with Crippen molar-refractivity contribution >= 4 is 91.7 Å². The van der Waals surface area contributed by atoms with Gasteiger partial charge >= 0.3 is 0 Å². The molecule has 15 heteroatoms. The normalized spacial score (nSPS) is 13.7. The van der Waals surface area contributed by atoms with Gasteiger partial charge in [-0.25, -0.2) is 0 Å². The van der Waals surface area contributed by atoms with Crippen molar-refractivity contribution in [2.45, 2.75) is 18.3 Å². The smallest absolute Gasteiger partial charge is 0.253 e. The molecule has 1 aromatic carbocycles. The summed E-state index contributed by atoms with van der Waals surface area (Å²) in [5, 5.41) is 61.0. The second-order valence-electron chi connectivity index (χ2n) is 6.73. The van der Waals surface area contributed by atoms with Crippen LogP contribution in [-0.2, 0) is 4.79 Å². The second-order valence-corrected chi connectivity index (χ2v) is 9.96. The van der Waals surface area contributed by atoms with Gasteiger partial charge in [0.05, 0.1) is 68.6 Å². The summed E-state index contributed by atoms with van der Waals surface area (Å²) in [5.74, 6) is -1.38. The fourth-order valence-electron chi connectivity index (χ4n) is 2.50. The minimum atomic E-state index is -1.28. The Labute approximate surface area is 230 Å². The van der Waals surface area contributed by atoms with Crippen molar-refractivity contribution < 1.29 is 45.0 Å². The highest BCUT2D eigenvalue weighted by Gasteiger charge is 2.31. The lowest BCUT2D eigenvalue weighted by atomic mass is 10.1. The van der Waals surface area contributed by atoms with Gasteiger partial charge in [-0.15, -0.1) is 0 Å². The molecule has 0 heterocycles. The zero-order valence-corrected chi connectivity index (χ0v) is 23.5. The van der Waals surface area contributed by atoms with Gasteiger partial charge < -0.3 is 46.2 Å². The van der Waals surface area contributed by atoms with Crippen LogP contribution in [0.15, 0.2) is 0 Å². The molecule has 0 aromatic heterocycles. The number of hydrogen-bond acceptors (Lipinski definition) is 9.